The number of carbonyl (C=O) groups excluding carboxylic acids is 2. The third kappa shape index (κ3) is 2.76. The fourth-order valence-corrected chi connectivity index (χ4v) is 2.37. The summed E-state index contributed by atoms with van der Waals surface area (Å²) < 4.78 is 0. The van der Waals surface area contributed by atoms with E-state index in [9.17, 15) is 14.7 Å². The Kier molecular flexibility index (Phi) is 3.35. The van der Waals surface area contributed by atoms with Crippen LogP contribution in [0.15, 0.2) is 0 Å². The maximum absolute atomic E-state index is 12.1. The molecular formula is C11H19N3O3. The average molecular weight is 241 g/mol. The molecule has 17 heavy (non-hydrogen) atoms. The average Bonchev–Trinajstić information content (AvgIpc) is 2.69. The van der Waals surface area contributed by atoms with Crippen LogP contribution in [0, 0.1) is 0 Å². The summed E-state index contributed by atoms with van der Waals surface area (Å²) >= 11 is 0. The van der Waals surface area contributed by atoms with Crippen LogP contribution in [0.2, 0.25) is 0 Å². The number of β-amino-alcohol motifs (C(OH)–C–C–N with tert-alkyl or cyclic N) is 1. The summed E-state index contributed by atoms with van der Waals surface area (Å²) in [6, 6.07) is -0.284. The van der Waals surface area contributed by atoms with Crippen LogP contribution in [0.4, 0.5) is 0 Å². The van der Waals surface area contributed by atoms with E-state index in [0.29, 0.717) is 39.1 Å². The Balaban J connectivity index is 1.87. The second kappa shape index (κ2) is 4.62. The van der Waals surface area contributed by atoms with E-state index in [4.69, 9.17) is 0 Å². The molecule has 6 nitrogen and oxygen atoms in total. The van der Waals surface area contributed by atoms with Crippen molar-refractivity contribution in [1.82, 2.24) is 15.1 Å². The Morgan fingerprint density at radius 2 is 2.06 bits per heavy atom. The van der Waals surface area contributed by atoms with E-state index in [1.54, 1.807) is 16.7 Å². The summed E-state index contributed by atoms with van der Waals surface area (Å²) in [6.45, 7) is 4.54. The standard InChI is InChI=1S/C11H19N3O3/c1-11(17)6-9(12-7-11)10(16)14-4-2-13(8-15)3-5-14/h8-9,12,17H,2-7H2,1H3/t9-,11-/m0/s1. The molecule has 0 aromatic rings. The van der Waals surface area contributed by atoms with E-state index in [1.165, 1.54) is 0 Å². The topological polar surface area (TPSA) is 72.9 Å². The zero-order chi connectivity index (χ0) is 12.5. The molecule has 0 aliphatic carbocycles. The summed E-state index contributed by atoms with van der Waals surface area (Å²) in [5.41, 5.74) is -0.787. The van der Waals surface area contributed by atoms with Crippen molar-refractivity contribution < 1.29 is 14.7 Å². The molecule has 0 unspecified atom stereocenters. The molecule has 0 radical (unpaired) electrons. The van der Waals surface area contributed by atoms with Crippen LogP contribution in [-0.4, -0.2) is 71.6 Å². The van der Waals surface area contributed by atoms with Gasteiger partial charge in [-0.25, -0.2) is 0 Å². The Morgan fingerprint density at radius 3 is 2.53 bits per heavy atom. The number of piperazine rings is 1. The molecule has 2 N–H and O–H groups in total. The van der Waals surface area contributed by atoms with Crippen molar-refractivity contribution in [2.45, 2.75) is 25.0 Å². The van der Waals surface area contributed by atoms with Gasteiger partial charge in [0.15, 0.2) is 0 Å². The van der Waals surface area contributed by atoms with Gasteiger partial charge in [0.05, 0.1) is 11.6 Å². The van der Waals surface area contributed by atoms with Gasteiger partial charge in [-0.2, -0.15) is 0 Å². The number of carbonyl (C=O) groups is 2. The molecule has 6 heteroatoms. The molecule has 0 bridgehead atoms. The Morgan fingerprint density at radius 1 is 1.41 bits per heavy atom. The molecular weight excluding hydrogens is 222 g/mol. The van der Waals surface area contributed by atoms with E-state index in [2.05, 4.69) is 5.32 Å². The minimum absolute atomic E-state index is 0.0355. The molecule has 2 aliphatic heterocycles. The Labute approximate surface area is 101 Å². The Bertz CT molecular complexity index is 311. The summed E-state index contributed by atoms with van der Waals surface area (Å²) in [4.78, 5) is 26.1. The lowest BCUT2D eigenvalue weighted by Gasteiger charge is -2.34. The number of aliphatic hydroxyl groups is 1. The van der Waals surface area contributed by atoms with Gasteiger partial charge in [-0.15, -0.1) is 0 Å². The maximum Gasteiger partial charge on any atom is 0.239 e. The number of hydrogen-bond donors (Lipinski definition) is 2. The molecule has 0 aromatic heterocycles. The van der Waals surface area contributed by atoms with Crippen molar-refractivity contribution >= 4 is 12.3 Å². The SMILES string of the molecule is C[C@@]1(O)CN[C@H](C(=O)N2CCN(C=O)CC2)C1. The first-order chi connectivity index (χ1) is 8.02. The number of amides is 2. The molecule has 2 saturated heterocycles. The predicted octanol–water partition coefficient (Wildman–Crippen LogP) is -1.60. The van der Waals surface area contributed by atoms with Gasteiger partial charge in [-0.05, 0) is 6.92 Å². The molecule has 0 saturated carbocycles. The van der Waals surface area contributed by atoms with Gasteiger partial charge in [0.25, 0.3) is 0 Å². The molecule has 2 rings (SSSR count). The molecule has 2 aliphatic rings. The van der Waals surface area contributed by atoms with E-state index >= 15 is 0 Å². The summed E-state index contributed by atoms with van der Waals surface area (Å²) in [7, 11) is 0. The maximum atomic E-state index is 12.1. The van der Waals surface area contributed by atoms with Crippen LogP contribution in [0.5, 0.6) is 0 Å². The molecule has 2 atom stereocenters. The quantitative estimate of drug-likeness (QED) is 0.571. The summed E-state index contributed by atoms with van der Waals surface area (Å²) in [5, 5.41) is 12.8. The third-order valence-electron chi connectivity index (χ3n) is 3.45. The molecule has 2 amide bonds. The molecule has 2 heterocycles. The van der Waals surface area contributed by atoms with Gasteiger partial charge in [0.1, 0.15) is 0 Å². The first kappa shape index (κ1) is 12.3. The van der Waals surface area contributed by atoms with Gasteiger partial charge in [-0.3, -0.25) is 9.59 Å². The van der Waals surface area contributed by atoms with Crippen LogP contribution in [0.3, 0.4) is 0 Å². The first-order valence-electron chi connectivity index (χ1n) is 5.96. The Hall–Kier alpha value is -1.14. The van der Waals surface area contributed by atoms with E-state index in [1.807, 2.05) is 0 Å². The lowest BCUT2D eigenvalue weighted by atomic mass is 10.0. The number of hydrogen-bond acceptors (Lipinski definition) is 4. The fraction of sp³-hybridized carbons (Fsp3) is 0.818. The summed E-state index contributed by atoms with van der Waals surface area (Å²) in [6.07, 6.45) is 1.28. The second-order valence-corrected chi connectivity index (χ2v) is 5.10. The van der Waals surface area contributed by atoms with Gasteiger partial charge in [0, 0.05) is 39.1 Å². The summed E-state index contributed by atoms with van der Waals surface area (Å²) in [5.74, 6) is 0.0355. The second-order valence-electron chi connectivity index (χ2n) is 5.10. The van der Waals surface area contributed by atoms with Crippen molar-refractivity contribution in [2.75, 3.05) is 32.7 Å². The van der Waals surface area contributed by atoms with Crippen LogP contribution < -0.4 is 5.32 Å². The highest BCUT2D eigenvalue weighted by Crippen LogP contribution is 2.20. The molecule has 2 fully saturated rings. The fourth-order valence-electron chi connectivity index (χ4n) is 2.37. The minimum atomic E-state index is -0.787. The van der Waals surface area contributed by atoms with Crippen molar-refractivity contribution in [2.24, 2.45) is 0 Å². The smallest absolute Gasteiger partial charge is 0.239 e. The van der Waals surface area contributed by atoms with Gasteiger partial charge < -0.3 is 20.2 Å². The number of rotatable bonds is 2. The van der Waals surface area contributed by atoms with Crippen molar-refractivity contribution in [3.8, 4) is 0 Å². The van der Waals surface area contributed by atoms with E-state index in [-0.39, 0.29) is 11.9 Å². The monoisotopic (exact) mass is 241 g/mol. The van der Waals surface area contributed by atoms with Crippen molar-refractivity contribution in [3.05, 3.63) is 0 Å². The first-order valence-corrected chi connectivity index (χ1v) is 5.96. The zero-order valence-electron chi connectivity index (χ0n) is 10.1. The lowest BCUT2D eigenvalue weighted by Crippen LogP contribution is -2.52. The molecule has 0 spiro atoms. The molecule has 0 aromatic carbocycles. The minimum Gasteiger partial charge on any atom is -0.389 e. The van der Waals surface area contributed by atoms with Crippen molar-refractivity contribution in [3.63, 3.8) is 0 Å². The van der Waals surface area contributed by atoms with E-state index in [0.717, 1.165) is 6.41 Å². The van der Waals surface area contributed by atoms with E-state index < -0.39 is 5.60 Å². The van der Waals surface area contributed by atoms with Crippen LogP contribution >= 0.6 is 0 Å². The van der Waals surface area contributed by atoms with Crippen LogP contribution in [0.25, 0.3) is 0 Å². The third-order valence-corrected chi connectivity index (χ3v) is 3.45. The number of nitrogens with one attached hydrogen (secondary N) is 1. The highest BCUT2D eigenvalue weighted by molar-refractivity contribution is 5.82. The van der Waals surface area contributed by atoms with Crippen molar-refractivity contribution in [1.29, 1.82) is 0 Å². The highest BCUT2D eigenvalue weighted by Gasteiger charge is 2.38. The lowest BCUT2D eigenvalue weighted by molar-refractivity contribution is -0.137. The molecule has 96 valence electrons. The zero-order valence-corrected chi connectivity index (χ0v) is 10.1. The van der Waals surface area contributed by atoms with Crippen LogP contribution in [-0.2, 0) is 9.59 Å². The van der Waals surface area contributed by atoms with Gasteiger partial charge in [-0.1, -0.05) is 0 Å². The number of nitrogens with zero attached hydrogens (tertiary/aromatic N) is 2. The normalized spacial score (nSPS) is 33.9. The van der Waals surface area contributed by atoms with Crippen LogP contribution in [0.1, 0.15) is 13.3 Å². The largest absolute Gasteiger partial charge is 0.389 e. The van der Waals surface area contributed by atoms with Gasteiger partial charge >= 0.3 is 0 Å². The van der Waals surface area contributed by atoms with Gasteiger partial charge in [0.2, 0.25) is 12.3 Å². The highest BCUT2D eigenvalue weighted by atomic mass is 16.3. The predicted molar refractivity (Wildman–Crippen MR) is 61.2 cm³/mol.